The minimum Gasteiger partial charge on any atom is -0.367 e. The van der Waals surface area contributed by atoms with Gasteiger partial charge in [0.05, 0.1) is 12.6 Å². The summed E-state index contributed by atoms with van der Waals surface area (Å²) in [4.78, 5) is 11.7. The van der Waals surface area contributed by atoms with Crippen LogP contribution in [0.1, 0.15) is 25.5 Å². The molecule has 2 fully saturated rings. The van der Waals surface area contributed by atoms with Crippen molar-refractivity contribution in [2.24, 2.45) is 10.9 Å². The van der Waals surface area contributed by atoms with Gasteiger partial charge < -0.3 is 24.8 Å². The maximum Gasteiger partial charge on any atom is 0.193 e. The molecule has 6 nitrogen and oxygen atoms in total. The zero-order valence-corrected chi connectivity index (χ0v) is 21.0. The molecule has 0 aliphatic carbocycles. The molecule has 170 valence electrons. The lowest BCUT2D eigenvalue weighted by Crippen LogP contribution is -2.52. The fourth-order valence-corrected chi connectivity index (χ4v) is 4.12. The van der Waals surface area contributed by atoms with Crippen LogP contribution in [0.25, 0.3) is 0 Å². The fraction of sp³-hybridized carbons (Fsp3) is 0.682. The molecule has 2 aliphatic rings. The summed E-state index contributed by atoms with van der Waals surface area (Å²) in [5.41, 5.74) is 1.00. The van der Waals surface area contributed by atoms with Crippen LogP contribution in [0.2, 0.25) is 0 Å². The molecule has 0 amide bonds. The Bertz CT molecular complexity index is 666. The number of morpholine rings is 1. The molecule has 3 unspecified atom stereocenters. The first-order chi connectivity index (χ1) is 13.9. The molecule has 8 heteroatoms. The largest absolute Gasteiger partial charge is 0.367 e. The Morgan fingerprint density at radius 1 is 1.20 bits per heavy atom. The summed E-state index contributed by atoms with van der Waals surface area (Å²) in [6, 6.07) is 6.61. The van der Waals surface area contributed by atoms with Crippen molar-refractivity contribution in [1.82, 2.24) is 20.0 Å². The Kier molecular flexibility index (Phi) is 10.3. The minimum absolute atomic E-state index is 0. The number of halogens is 2. The van der Waals surface area contributed by atoms with Crippen LogP contribution >= 0.6 is 24.0 Å². The number of benzene rings is 1. The van der Waals surface area contributed by atoms with E-state index in [1.165, 1.54) is 12.1 Å². The molecular weight excluding hydrogens is 496 g/mol. The molecule has 0 aromatic heterocycles. The number of hydrogen-bond donors (Lipinski definition) is 1. The second-order valence-corrected chi connectivity index (χ2v) is 8.53. The molecule has 1 aromatic carbocycles. The number of nitrogens with zero attached hydrogens (tertiary/aromatic N) is 4. The normalized spacial score (nSPS) is 25.0. The first kappa shape index (κ1) is 25.3. The SMILES string of the molecule is CN=C(NCC(C)CN1CCN(C)CC1)N1CC(C)OC(c2ccc(F)cc2)C1.I. The van der Waals surface area contributed by atoms with Crippen molar-refractivity contribution in [3.8, 4) is 0 Å². The van der Waals surface area contributed by atoms with Crippen molar-refractivity contribution in [2.75, 3.05) is 66.5 Å². The predicted octanol–water partition coefficient (Wildman–Crippen LogP) is 2.66. The quantitative estimate of drug-likeness (QED) is 0.359. The van der Waals surface area contributed by atoms with Crippen molar-refractivity contribution in [1.29, 1.82) is 0 Å². The molecule has 30 heavy (non-hydrogen) atoms. The van der Waals surface area contributed by atoms with Crippen molar-refractivity contribution in [3.63, 3.8) is 0 Å². The lowest BCUT2D eigenvalue weighted by molar-refractivity contribution is -0.0605. The number of guanidine groups is 1. The maximum atomic E-state index is 13.3. The van der Waals surface area contributed by atoms with Crippen molar-refractivity contribution < 1.29 is 9.13 Å². The summed E-state index contributed by atoms with van der Waals surface area (Å²) in [6.45, 7) is 12.5. The number of aliphatic imine (C=N–C) groups is 1. The zero-order chi connectivity index (χ0) is 20.8. The lowest BCUT2D eigenvalue weighted by atomic mass is 10.1. The van der Waals surface area contributed by atoms with E-state index in [9.17, 15) is 4.39 Å². The van der Waals surface area contributed by atoms with Gasteiger partial charge in [0.25, 0.3) is 0 Å². The molecule has 0 spiro atoms. The van der Waals surface area contributed by atoms with Crippen LogP contribution in [-0.2, 0) is 4.74 Å². The van der Waals surface area contributed by atoms with E-state index in [2.05, 4.69) is 45.9 Å². The maximum absolute atomic E-state index is 13.3. The van der Waals surface area contributed by atoms with Gasteiger partial charge in [-0.2, -0.15) is 0 Å². The predicted molar refractivity (Wildman–Crippen MR) is 131 cm³/mol. The molecule has 2 heterocycles. The van der Waals surface area contributed by atoms with Crippen molar-refractivity contribution in [2.45, 2.75) is 26.1 Å². The first-order valence-electron chi connectivity index (χ1n) is 10.7. The highest BCUT2D eigenvalue weighted by Crippen LogP contribution is 2.25. The Labute approximate surface area is 197 Å². The number of hydrogen-bond acceptors (Lipinski definition) is 4. The van der Waals surface area contributed by atoms with E-state index in [4.69, 9.17) is 4.74 Å². The van der Waals surface area contributed by atoms with Crippen LogP contribution < -0.4 is 5.32 Å². The molecule has 0 radical (unpaired) electrons. The molecule has 3 atom stereocenters. The van der Waals surface area contributed by atoms with Gasteiger partial charge in [0.2, 0.25) is 0 Å². The fourth-order valence-electron chi connectivity index (χ4n) is 4.12. The Balaban J connectivity index is 0.00000320. The second kappa shape index (κ2) is 12.2. The first-order valence-corrected chi connectivity index (χ1v) is 10.7. The van der Waals surface area contributed by atoms with Crippen molar-refractivity contribution >= 4 is 29.9 Å². The highest BCUT2D eigenvalue weighted by molar-refractivity contribution is 14.0. The van der Waals surface area contributed by atoms with Crippen LogP contribution in [0.15, 0.2) is 29.3 Å². The van der Waals surface area contributed by atoms with E-state index in [0.717, 1.165) is 57.3 Å². The highest BCUT2D eigenvalue weighted by atomic mass is 127. The van der Waals surface area contributed by atoms with E-state index in [1.54, 1.807) is 0 Å². The smallest absolute Gasteiger partial charge is 0.193 e. The molecule has 3 rings (SSSR count). The summed E-state index contributed by atoms with van der Waals surface area (Å²) >= 11 is 0. The van der Waals surface area contributed by atoms with Gasteiger partial charge in [0.1, 0.15) is 11.9 Å². The minimum atomic E-state index is -0.221. The average Bonchev–Trinajstić information content (AvgIpc) is 2.70. The molecule has 1 N–H and O–H groups in total. The van der Waals surface area contributed by atoms with Crippen LogP contribution in [0.5, 0.6) is 0 Å². The van der Waals surface area contributed by atoms with E-state index >= 15 is 0 Å². The van der Waals surface area contributed by atoms with E-state index < -0.39 is 0 Å². The third-order valence-electron chi connectivity index (χ3n) is 5.79. The summed E-state index contributed by atoms with van der Waals surface area (Å²) in [6.07, 6.45) is 0.000721. The lowest BCUT2D eigenvalue weighted by Gasteiger charge is -2.39. The molecular formula is C22H37FIN5O. The zero-order valence-electron chi connectivity index (χ0n) is 18.7. The number of likely N-dealkylation sites (N-methyl/N-ethyl adjacent to an activating group) is 1. The van der Waals surface area contributed by atoms with Crippen LogP contribution in [0.4, 0.5) is 4.39 Å². The average molecular weight is 533 g/mol. The summed E-state index contributed by atoms with van der Waals surface area (Å²) in [5, 5.41) is 3.56. The summed E-state index contributed by atoms with van der Waals surface area (Å²) in [7, 11) is 4.02. The standard InChI is InChI=1S/C22H36FN5O.HI/c1-17(14-27-11-9-26(4)10-12-27)13-25-22(24-3)28-15-18(2)29-21(16-28)19-5-7-20(23)8-6-19;/h5-8,17-18,21H,9-16H2,1-4H3,(H,24,25);1H. The van der Waals surface area contributed by atoms with Crippen molar-refractivity contribution in [3.05, 3.63) is 35.6 Å². The third-order valence-corrected chi connectivity index (χ3v) is 5.79. The number of piperazine rings is 1. The number of nitrogens with one attached hydrogen (secondary N) is 1. The van der Waals surface area contributed by atoms with Gasteiger partial charge in [0, 0.05) is 52.9 Å². The van der Waals surface area contributed by atoms with Gasteiger partial charge in [-0.25, -0.2) is 4.39 Å². The second-order valence-electron chi connectivity index (χ2n) is 8.53. The Morgan fingerprint density at radius 3 is 2.50 bits per heavy atom. The third kappa shape index (κ3) is 7.32. The van der Waals surface area contributed by atoms with Gasteiger partial charge in [-0.1, -0.05) is 19.1 Å². The molecule has 2 saturated heterocycles. The van der Waals surface area contributed by atoms with Gasteiger partial charge >= 0.3 is 0 Å². The summed E-state index contributed by atoms with van der Waals surface area (Å²) in [5.74, 6) is 1.24. The van der Waals surface area contributed by atoms with Crippen LogP contribution in [-0.4, -0.2) is 93.2 Å². The molecule has 0 saturated carbocycles. The molecule has 2 aliphatic heterocycles. The van der Waals surface area contributed by atoms with Crippen LogP contribution in [0.3, 0.4) is 0 Å². The monoisotopic (exact) mass is 533 g/mol. The summed E-state index contributed by atoms with van der Waals surface area (Å²) < 4.78 is 19.4. The van der Waals surface area contributed by atoms with E-state index in [0.29, 0.717) is 12.5 Å². The Morgan fingerprint density at radius 2 is 1.87 bits per heavy atom. The molecule has 1 aromatic rings. The van der Waals surface area contributed by atoms with Gasteiger partial charge in [-0.15, -0.1) is 24.0 Å². The van der Waals surface area contributed by atoms with E-state index in [-0.39, 0.29) is 42.0 Å². The van der Waals surface area contributed by atoms with E-state index in [1.807, 2.05) is 19.2 Å². The number of ether oxygens (including phenoxy) is 1. The Hall–Kier alpha value is -0.970. The molecule has 0 bridgehead atoms. The van der Waals surface area contributed by atoms with Gasteiger partial charge in [-0.05, 0) is 37.6 Å². The highest BCUT2D eigenvalue weighted by Gasteiger charge is 2.28. The van der Waals surface area contributed by atoms with Crippen LogP contribution in [0, 0.1) is 11.7 Å². The van der Waals surface area contributed by atoms with Gasteiger partial charge in [-0.3, -0.25) is 4.99 Å². The number of rotatable bonds is 5. The topological polar surface area (TPSA) is 43.3 Å². The van der Waals surface area contributed by atoms with Gasteiger partial charge in [0.15, 0.2) is 5.96 Å².